The SMILES string of the molecule is Cc1cccc(-n2cc(-c3ccccc3F)c3c(NC4CCOCC4)ncnc32)c1. The second kappa shape index (κ2) is 7.88. The summed E-state index contributed by atoms with van der Waals surface area (Å²) in [6.45, 7) is 3.52. The summed E-state index contributed by atoms with van der Waals surface area (Å²) in [6, 6.07) is 15.3. The number of hydrogen-bond acceptors (Lipinski definition) is 4. The number of fused-ring (bicyclic) bond motifs is 1. The van der Waals surface area contributed by atoms with Crippen molar-refractivity contribution in [3.05, 3.63) is 72.4 Å². The van der Waals surface area contributed by atoms with Crippen LogP contribution in [0.5, 0.6) is 0 Å². The summed E-state index contributed by atoms with van der Waals surface area (Å²) in [5.74, 6) is 0.471. The summed E-state index contributed by atoms with van der Waals surface area (Å²) in [5.41, 5.74) is 4.21. The Bertz CT molecular complexity index is 1200. The molecule has 5 rings (SSSR count). The maximum Gasteiger partial charge on any atom is 0.150 e. The smallest absolute Gasteiger partial charge is 0.150 e. The van der Waals surface area contributed by atoms with Gasteiger partial charge in [0.1, 0.15) is 18.0 Å². The van der Waals surface area contributed by atoms with Crippen molar-refractivity contribution in [2.45, 2.75) is 25.8 Å². The van der Waals surface area contributed by atoms with Crippen LogP contribution in [0.1, 0.15) is 18.4 Å². The maximum absolute atomic E-state index is 14.8. The topological polar surface area (TPSA) is 52.0 Å². The van der Waals surface area contributed by atoms with Crippen LogP contribution in [-0.2, 0) is 4.74 Å². The monoisotopic (exact) mass is 402 g/mol. The van der Waals surface area contributed by atoms with Crippen LogP contribution in [0.4, 0.5) is 10.2 Å². The molecular formula is C24H23FN4O. The lowest BCUT2D eigenvalue weighted by atomic mass is 10.0. The van der Waals surface area contributed by atoms with E-state index in [1.165, 1.54) is 6.07 Å². The molecule has 1 aliphatic heterocycles. The van der Waals surface area contributed by atoms with Crippen molar-refractivity contribution in [2.75, 3.05) is 18.5 Å². The first-order valence-electron chi connectivity index (χ1n) is 10.2. The van der Waals surface area contributed by atoms with Crippen LogP contribution < -0.4 is 5.32 Å². The fraction of sp³-hybridized carbons (Fsp3) is 0.250. The van der Waals surface area contributed by atoms with Gasteiger partial charge in [-0.15, -0.1) is 0 Å². The molecule has 1 N–H and O–H groups in total. The van der Waals surface area contributed by atoms with Gasteiger partial charge in [-0.1, -0.05) is 30.3 Å². The van der Waals surface area contributed by atoms with E-state index in [2.05, 4.69) is 34.3 Å². The van der Waals surface area contributed by atoms with Crippen molar-refractivity contribution in [3.63, 3.8) is 0 Å². The first-order chi connectivity index (χ1) is 14.7. The van der Waals surface area contributed by atoms with Crippen molar-refractivity contribution in [2.24, 2.45) is 0 Å². The number of rotatable bonds is 4. The Morgan fingerprint density at radius 2 is 1.87 bits per heavy atom. The van der Waals surface area contributed by atoms with Gasteiger partial charge in [-0.05, 0) is 43.5 Å². The van der Waals surface area contributed by atoms with Gasteiger partial charge in [-0.3, -0.25) is 0 Å². The van der Waals surface area contributed by atoms with Crippen LogP contribution in [-0.4, -0.2) is 33.8 Å². The third-order valence-corrected chi connectivity index (χ3v) is 5.59. The van der Waals surface area contributed by atoms with Crippen molar-refractivity contribution in [3.8, 4) is 16.8 Å². The normalized spacial score (nSPS) is 14.9. The zero-order chi connectivity index (χ0) is 20.5. The number of anilines is 1. The van der Waals surface area contributed by atoms with Gasteiger partial charge in [0.05, 0.1) is 5.39 Å². The molecule has 0 radical (unpaired) electrons. The van der Waals surface area contributed by atoms with Gasteiger partial charge >= 0.3 is 0 Å². The van der Waals surface area contributed by atoms with Crippen molar-refractivity contribution < 1.29 is 9.13 Å². The predicted molar refractivity (Wildman–Crippen MR) is 116 cm³/mol. The summed E-state index contributed by atoms with van der Waals surface area (Å²) < 4.78 is 22.3. The number of ether oxygens (including phenoxy) is 1. The number of nitrogens with zero attached hydrogens (tertiary/aromatic N) is 3. The van der Waals surface area contributed by atoms with Crippen molar-refractivity contribution in [1.29, 1.82) is 0 Å². The average molecular weight is 402 g/mol. The van der Waals surface area contributed by atoms with E-state index in [0.29, 0.717) is 5.56 Å². The van der Waals surface area contributed by atoms with E-state index in [1.807, 2.05) is 29.0 Å². The van der Waals surface area contributed by atoms with Gasteiger partial charge < -0.3 is 14.6 Å². The van der Waals surface area contributed by atoms with Crippen LogP contribution in [0.3, 0.4) is 0 Å². The highest BCUT2D eigenvalue weighted by atomic mass is 19.1. The minimum Gasteiger partial charge on any atom is -0.381 e. The average Bonchev–Trinajstić information content (AvgIpc) is 3.15. The third kappa shape index (κ3) is 3.44. The van der Waals surface area contributed by atoms with Gasteiger partial charge in [-0.25, -0.2) is 14.4 Å². The fourth-order valence-corrected chi connectivity index (χ4v) is 4.06. The van der Waals surface area contributed by atoms with Crippen LogP contribution >= 0.6 is 0 Å². The van der Waals surface area contributed by atoms with Crippen molar-refractivity contribution >= 4 is 16.9 Å². The molecule has 1 aliphatic rings. The molecule has 2 aromatic heterocycles. The van der Waals surface area contributed by atoms with Gasteiger partial charge in [-0.2, -0.15) is 0 Å². The molecule has 0 bridgehead atoms. The molecule has 0 spiro atoms. The van der Waals surface area contributed by atoms with E-state index in [4.69, 9.17) is 4.74 Å². The second-order valence-corrected chi connectivity index (χ2v) is 7.68. The summed E-state index contributed by atoms with van der Waals surface area (Å²) in [5, 5.41) is 4.39. The maximum atomic E-state index is 14.8. The number of nitrogens with one attached hydrogen (secondary N) is 1. The molecule has 6 heteroatoms. The highest BCUT2D eigenvalue weighted by Crippen LogP contribution is 2.37. The Labute approximate surface area is 174 Å². The van der Waals surface area contributed by atoms with Crippen LogP contribution in [0.25, 0.3) is 27.8 Å². The lowest BCUT2D eigenvalue weighted by molar-refractivity contribution is 0.0904. The lowest BCUT2D eigenvalue weighted by Crippen LogP contribution is -2.28. The van der Waals surface area contributed by atoms with E-state index in [-0.39, 0.29) is 11.9 Å². The van der Waals surface area contributed by atoms with Gasteiger partial charge in [0.15, 0.2) is 5.65 Å². The van der Waals surface area contributed by atoms with Gasteiger partial charge in [0, 0.05) is 42.3 Å². The molecule has 30 heavy (non-hydrogen) atoms. The molecule has 152 valence electrons. The van der Waals surface area contributed by atoms with E-state index in [1.54, 1.807) is 18.5 Å². The van der Waals surface area contributed by atoms with Crippen LogP contribution in [0, 0.1) is 12.7 Å². The first-order valence-corrected chi connectivity index (χ1v) is 10.2. The molecule has 0 aliphatic carbocycles. The molecule has 0 amide bonds. The highest BCUT2D eigenvalue weighted by Gasteiger charge is 2.22. The third-order valence-electron chi connectivity index (χ3n) is 5.59. The van der Waals surface area contributed by atoms with E-state index < -0.39 is 0 Å². The molecule has 2 aromatic carbocycles. The van der Waals surface area contributed by atoms with Gasteiger partial charge in [0.25, 0.3) is 0 Å². The summed E-state index contributed by atoms with van der Waals surface area (Å²) in [6.07, 6.45) is 5.36. The predicted octanol–water partition coefficient (Wildman–Crippen LogP) is 5.13. The lowest BCUT2D eigenvalue weighted by Gasteiger charge is -2.24. The molecule has 1 fully saturated rings. The van der Waals surface area contributed by atoms with E-state index in [9.17, 15) is 4.39 Å². The highest BCUT2D eigenvalue weighted by molar-refractivity contribution is 6.02. The summed E-state index contributed by atoms with van der Waals surface area (Å²) >= 11 is 0. The zero-order valence-corrected chi connectivity index (χ0v) is 16.8. The minimum absolute atomic E-state index is 0.262. The van der Waals surface area contributed by atoms with Gasteiger partial charge in [0.2, 0.25) is 0 Å². The Morgan fingerprint density at radius 1 is 1.03 bits per heavy atom. The Kier molecular flexibility index (Phi) is 4.93. The second-order valence-electron chi connectivity index (χ2n) is 7.68. The summed E-state index contributed by atoms with van der Waals surface area (Å²) in [4.78, 5) is 9.12. The Balaban J connectivity index is 1.73. The standard InChI is InChI=1S/C24H23FN4O/c1-16-5-4-6-18(13-16)29-14-20(19-7-2-3-8-21(19)25)22-23(26-15-27-24(22)29)28-17-9-11-30-12-10-17/h2-8,13-15,17H,9-12H2,1H3,(H,26,27,28). The summed E-state index contributed by atoms with van der Waals surface area (Å²) in [7, 11) is 0. The molecule has 0 atom stereocenters. The molecular weight excluding hydrogens is 379 g/mol. The molecule has 4 aromatic rings. The molecule has 3 heterocycles. The van der Waals surface area contributed by atoms with Crippen molar-refractivity contribution in [1.82, 2.24) is 14.5 Å². The molecule has 0 saturated carbocycles. The molecule has 1 saturated heterocycles. The number of halogens is 1. The quantitative estimate of drug-likeness (QED) is 0.514. The zero-order valence-electron chi connectivity index (χ0n) is 16.8. The van der Waals surface area contributed by atoms with Crippen LogP contribution in [0.2, 0.25) is 0 Å². The number of benzene rings is 2. The Hall–Kier alpha value is -3.25. The fourth-order valence-electron chi connectivity index (χ4n) is 4.06. The largest absolute Gasteiger partial charge is 0.381 e. The molecule has 0 unspecified atom stereocenters. The Morgan fingerprint density at radius 3 is 2.67 bits per heavy atom. The number of aryl methyl sites for hydroxylation is 1. The van der Waals surface area contributed by atoms with E-state index >= 15 is 0 Å². The number of aromatic nitrogens is 3. The van der Waals surface area contributed by atoms with Crippen LogP contribution in [0.15, 0.2) is 61.1 Å². The molecule has 5 nitrogen and oxygen atoms in total. The number of hydrogen-bond donors (Lipinski definition) is 1. The van der Waals surface area contributed by atoms with E-state index in [0.717, 1.165) is 59.7 Å². The first kappa shape index (κ1) is 18.8. The minimum atomic E-state index is -0.262.